The molecule has 2 unspecified atom stereocenters. The van der Waals surface area contributed by atoms with E-state index in [0.717, 1.165) is 0 Å². The van der Waals surface area contributed by atoms with Gasteiger partial charge in [-0.2, -0.15) is 0 Å². The van der Waals surface area contributed by atoms with Crippen LogP contribution in [0.15, 0.2) is 0 Å². The Morgan fingerprint density at radius 2 is 2.00 bits per heavy atom. The Morgan fingerprint density at radius 3 is 2.57 bits per heavy atom. The van der Waals surface area contributed by atoms with Gasteiger partial charge in [-0.25, -0.2) is 0 Å². The standard InChI is InChI=1S/C10H18N2O2/c1-6(2)4-8-10(14)11-7(3)5-9(13)12-8/h6-8H,4-5H2,1-3H3,(H,11,14)(H,12,13). The maximum Gasteiger partial charge on any atom is 0.242 e. The molecule has 0 saturated carbocycles. The molecule has 0 radical (unpaired) electrons. The maximum absolute atomic E-state index is 11.6. The molecule has 1 fully saturated rings. The van der Waals surface area contributed by atoms with Crippen LogP contribution in [-0.2, 0) is 9.59 Å². The van der Waals surface area contributed by atoms with E-state index >= 15 is 0 Å². The Labute approximate surface area is 84.4 Å². The van der Waals surface area contributed by atoms with E-state index in [0.29, 0.717) is 18.8 Å². The SMILES string of the molecule is CC(C)CC1NC(=O)CC(C)NC1=O. The third-order valence-corrected chi connectivity index (χ3v) is 2.24. The molecule has 1 rings (SSSR count). The number of hydrogen-bond acceptors (Lipinski definition) is 2. The molecule has 0 bridgehead atoms. The first-order valence-corrected chi connectivity index (χ1v) is 5.08. The van der Waals surface area contributed by atoms with Crippen molar-refractivity contribution in [1.82, 2.24) is 10.6 Å². The third kappa shape index (κ3) is 3.01. The smallest absolute Gasteiger partial charge is 0.242 e. The molecular weight excluding hydrogens is 180 g/mol. The zero-order chi connectivity index (χ0) is 10.7. The van der Waals surface area contributed by atoms with Crippen LogP contribution in [0, 0.1) is 5.92 Å². The van der Waals surface area contributed by atoms with Gasteiger partial charge >= 0.3 is 0 Å². The molecule has 1 aliphatic heterocycles. The Bertz CT molecular complexity index is 238. The molecule has 0 aromatic carbocycles. The molecule has 0 aliphatic carbocycles. The van der Waals surface area contributed by atoms with Crippen LogP contribution in [0.25, 0.3) is 0 Å². The monoisotopic (exact) mass is 198 g/mol. The van der Waals surface area contributed by atoms with E-state index in [-0.39, 0.29) is 23.9 Å². The van der Waals surface area contributed by atoms with Gasteiger partial charge in [-0.05, 0) is 19.3 Å². The highest BCUT2D eigenvalue weighted by atomic mass is 16.2. The Morgan fingerprint density at radius 1 is 1.36 bits per heavy atom. The number of nitrogens with one attached hydrogen (secondary N) is 2. The Hall–Kier alpha value is -1.06. The summed E-state index contributed by atoms with van der Waals surface area (Å²) in [5.41, 5.74) is 0. The summed E-state index contributed by atoms with van der Waals surface area (Å²) in [6, 6.07) is -0.410. The minimum Gasteiger partial charge on any atom is -0.351 e. The van der Waals surface area contributed by atoms with Crippen molar-refractivity contribution in [3.05, 3.63) is 0 Å². The fourth-order valence-electron chi connectivity index (χ4n) is 1.63. The first-order valence-electron chi connectivity index (χ1n) is 5.08. The van der Waals surface area contributed by atoms with Gasteiger partial charge in [0.15, 0.2) is 0 Å². The minimum absolute atomic E-state index is 0.0403. The number of carbonyl (C=O) groups excluding carboxylic acids is 2. The molecule has 2 atom stereocenters. The summed E-state index contributed by atoms with van der Waals surface area (Å²) in [5, 5.41) is 5.54. The second-order valence-corrected chi connectivity index (χ2v) is 4.36. The first-order chi connectivity index (χ1) is 6.49. The van der Waals surface area contributed by atoms with Crippen LogP contribution in [0.3, 0.4) is 0 Å². The summed E-state index contributed by atoms with van der Waals surface area (Å²) in [7, 11) is 0. The van der Waals surface area contributed by atoms with Gasteiger partial charge < -0.3 is 10.6 Å². The van der Waals surface area contributed by atoms with Crippen molar-refractivity contribution in [2.75, 3.05) is 0 Å². The predicted molar refractivity (Wildman–Crippen MR) is 53.6 cm³/mol. The summed E-state index contributed by atoms with van der Waals surface area (Å²) in [4.78, 5) is 22.9. The van der Waals surface area contributed by atoms with E-state index in [2.05, 4.69) is 10.6 Å². The highest BCUT2D eigenvalue weighted by molar-refractivity contribution is 5.90. The molecule has 1 heterocycles. The average molecular weight is 198 g/mol. The van der Waals surface area contributed by atoms with Gasteiger partial charge in [0.05, 0.1) is 0 Å². The largest absolute Gasteiger partial charge is 0.351 e. The van der Waals surface area contributed by atoms with Crippen LogP contribution in [0.2, 0.25) is 0 Å². The Balaban J connectivity index is 2.64. The molecule has 4 heteroatoms. The maximum atomic E-state index is 11.6. The van der Waals surface area contributed by atoms with Gasteiger partial charge in [0.25, 0.3) is 0 Å². The summed E-state index contributed by atoms with van der Waals surface area (Å²) in [6.07, 6.45) is 1.07. The topological polar surface area (TPSA) is 58.2 Å². The summed E-state index contributed by atoms with van der Waals surface area (Å²) < 4.78 is 0. The van der Waals surface area contributed by atoms with E-state index < -0.39 is 0 Å². The van der Waals surface area contributed by atoms with Crippen molar-refractivity contribution in [1.29, 1.82) is 0 Å². The highest BCUT2D eigenvalue weighted by Crippen LogP contribution is 2.08. The molecule has 0 spiro atoms. The van der Waals surface area contributed by atoms with Gasteiger partial charge in [0.2, 0.25) is 11.8 Å². The van der Waals surface area contributed by atoms with Crippen molar-refractivity contribution < 1.29 is 9.59 Å². The van der Waals surface area contributed by atoms with Crippen molar-refractivity contribution in [2.24, 2.45) is 5.92 Å². The van der Waals surface area contributed by atoms with Gasteiger partial charge in [-0.3, -0.25) is 9.59 Å². The number of hydrogen-bond donors (Lipinski definition) is 2. The lowest BCUT2D eigenvalue weighted by molar-refractivity contribution is -0.126. The van der Waals surface area contributed by atoms with Crippen LogP contribution in [0.1, 0.15) is 33.6 Å². The Kier molecular flexibility index (Phi) is 3.49. The van der Waals surface area contributed by atoms with Crippen molar-refractivity contribution in [3.8, 4) is 0 Å². The number of rotatable bonds is 2. The van der Waals surface area contributed by atoms with Gasteiger partial charge in [-0.15, -0.1) is 0 Å². The molecule has 0 aromatic rings. The normalized spacial score (nSPS) is 28.3. The summed E-state index contributed by atoms with van der Waals surface area (Å²) in [5.74, 6) is 0.304. The zero-order valence-corrected chi connectivity index (χ0v) is 8.96. The average Bonchev–Trinajstić information content (AvgIpc) is 2.10. The third-order valence-electron chi connectivity index (χ3n) is 2.24. The van der Waals surface area contributed by atoms with Crippen LogP contribution in [0.5, 0.6) is 0 Å². The molecule has 1 aliphatic rings. The fourth-order valence-corrected chi connectivity index (χ4v) is 1.63. The van der Waals surface area contributed by atoms with Crippen LogP contribution in [0.4, 0.5) is 0 Å². The molecule has 4 nitrogen and oxygen atoms in total. The van der Waals surface area contributed by atoms with Crippen molar-refractivity contribution >= 4 is 11.8 Å². The number of amides is 2. The van der Waals surface area contributed by atoms with Gasteiger partial charge in [0.1, 0.15) is 6.04 Å². The lowest BCUT2D eigenvalue weighted by Crippen LogP contribution is -2.44. The lowest BCUT2D eigenvalue weighted by atomic mass is 10.0. The van der Waals surface area contributed by atoms with Crippen LogP contribution < -0.4 is 10.6 Å². The second kappa shape index (κ2) is 4.44. The van der Waals surface area contributed by atoms with E-state index in [4.69, 9.17) is 0 Å². The first kappa shape index (κ1) is 11.0. The van der Waals surface area contributed by atoms with E-state index in [1.165, 1.54) is 0 Å². The molecular formula is C10H18N2O2. The molecule has 0 aromatic heterocycles. The van der Waals surface area contributed by atoms with Crippen LogP contribution >= 0.6 is 0 Å². The molecule has 2 amide bonds. The molecule has 14 heavy (non-hydrogen) atoms. The minimum atomic E-state index is -0.354. The second-order valence-electron chi connectivity index (χ2n) is 4.36. The molecule has 2 N–H and O–H groups in total. The highest BCUT2D eigenvalue weighted by Gasteiger charge is 2.27. The molecule has 1 saturated heterocycles. The zero-order valence-electron chi connectivity index (χ0n) is 8.96. The van der Waals surface area contributed by atoms with Gasteiger partial charge in [-0.1, -0.05) is 13.8 Å². The summed E-state index contributed by atoms with van der Waals surface area (Å²) in [6.45, 7) is 5.91. The quantitative estimate of drug-likeness (QED) is 0.676. The number of carbonyl (C=O) groups is 2. The molecule has 80 valence electrons. The van der Waals surface area contributed by atoms with Crippen molar-refractivity contribution in [3.63, 3.8) is 0 Å². The van der Waals surface area contributed by atoms with Crippen LogP contribution in [-0.4, -0.2) is 23.9 Å². The van der Waals surface area contributed by atoms with E-state index in [1.54, 1.807) is 0 Å². The van der Waals surface area contributed by atoms with E-state index in [9.17, 15) is 9.59 Å². The van der Waals surface area contributed by atoms with Crippen molar-refractivity contribution in [2.45, 2.75) is 45.7 Å². The predicted octanol–water partition coefficient (Wildman–Crippen LogP) is 0.426. The lowest BCUT2D eigenvalue weighted by Gasteiger charge is -2.16. The van der Waals surface area contributed by atoms with E-state index in [1.807, 2.05) is 20.8 Å². The van der Waals surface area contributed by atoms with Gasteiger partial charge in [0, 0.05) is 12.5 Å². The summed E-state index contributed by atoms with van der Waals surface area (Å²) >= 11 is 0. The fraction of sp³-hybridized carbons (Fsp3) is 0.800.